The molecule has 1 heterocycles. The van der Waals surface area contributed by atoms with Gasteiger partial charge in [0.25, 0.3) is 0 Å². The minimum absolute atomic E-state index is 0.0878. The summed E-state index contributed by atoms with van der Waals surface area (Å²) >= 11 is 1.71. The highest BCUT2D eigenvalue weighted by Crippen LogP contribution is 2.41. The molecule has 1 saturated carbocycles. The first-order valence-corrected chi connectivity index (χ1v) is 6.34. The van der Waals surface area contributed by atoms with Crippen LogP contribution in [0.15, 0.2) is 5.51 Å². The van der Waals surface area contributed by atoms with Crippen molar-refractivity contribution < 1.29 is 5.11 Å². The van der Waals surface area contributed by atoms with Crippen LogP contribution in [-0.2, 0) is 5.41 Å². The predicted molar refractivity (Wildman–Crippen MR) is 62.1 cm³/mol. The van der Waals surface area contributed by atoms with E-state index in [9.17, 15) is 5.11 Å². The molecular weight excluding hydrogens is 208 g/mol. The minimum atomic E-state index is -0.127. The zero-order valence-corrected chi connectivity index (χ0v) is 9.89. The van der Waals surface area contributed by atoms with Gasteiger partial charge in [-0.05, 0) is 32.6 Å². The van der Waals surface area contributed by atoms with E-state index in [0.29, 0.717) is 6.54 Å². The van der Waals surface area contributed by atoms with Crippen LogP contribution in [0.4, 0.5) is 0 Å². The highest BCUT2D eigenvalue weighted by Gasteiger charge is 2.37. The van der Waals surface area contributed by atoms with E-state index in [2.05, 4.69) is 4.98 Å². The van der Waals surface area contributed by atoms with E-state index in [4.69, 9.17) is 5.73 Å². The Morgan fingerprint density at radius 2 is 2.27 bits per heavy atom. The Kier molecular flexibility index (Phi) is 3.09. The Balaban J connectivity index is 2.26. The van der Waals surface area contributed by atoms with Crippen LogP contribution >= 0.6 is 11.3 Å². The third-order valence-corrected chi connectivity index (χ3v) is 4.71. The van der Waals surface area contributed by atoms with Gasteiger partial charge >= 0.3 is 0 Å². The number of aromatic nitrogens is 1. The van der Waals surface area contributed by atoms with Gasteiger partial charge in [-0.3, -0.25) is 0 Å². The summed E-state index contributed by atoms with van der Waals surface area (Å²) in [7, 11) is 0. The van der Waals surface area contributed by atoms with E-state index in [1.54, 1.807) is 11.3 Å². The molecule has 0 atom stereocenters. The first-order valence-electron chi connectivity index (χ1n) is 5.47. The smallest absolute Gasteiger partial charge is 0.0797 e. The Hall–Kier alpha value is -0.450. The monoisotopic (exact) mass is 226 g/mol. The van der Waals surface area contributed by atoms with E-state index in [-0.39, 0.29) is 11.5 Å². The van der Waals surface area contributed by atoms with Crippen LogP contribution < -0.4 is 5.73 Å². The second-order valence-electron chi connectivity index (χ2n) is 4.48. The average Bonchev–Trinajstić information content (AvgIpc) is 2.67. The molecule has 1 fully saturated rings. The molecule has 1 aliphatic carbocycles. The Labute approximate surface area is 94.3 Å². The molecule has 0 spiro atoms. The van der Waals surface area contributed by atoms with Gasteiger partial charge in [0.15, 0.2) is 0 Å². The second kappa shape index (κ2) is 4.20. The van der Waals surface area contributed by atoms with Crippen LogP contribution in [0.25, 0.3) is 0 Å². The van der Waals surface area contributed by atoms with Gasteiger partial charge in [0, 0.05) is 16.8 Å². The van der Waals surface area contributed by atoms with Gasteiger partial charge in [-0.1, -0.05) is 0 Å². The fraction of sp³-hybridized carbons (Fsp3) is 0.727. The van der Waals surface area contributed by atoms with Gasteiger partial charge in [-0.15, -0.1) is 11.3 Å². The van der Waals surface area contributed by atoms with Crippen LogP contribution in [0.1, 0.15) is 36.3 Å². The van der Waals surface area contributed by atoms with Gasteiger partial charge in [0.1, 0.15) is 0 Å². The first-order chi connectivity index (χ1) is 7.18. The lowest BCUT2D eigenvalue weighted by Crippen LogP contribution is -2.40. The Morgan fingerprint density at radius 1 is 1.60 bits per heavy atom. The van der Waals surface area contributed by atoms with Crippen molar-refractivity contribution in [1.82, 2.24) is 4.98 Å². The van der Waals surface area contributed by atoms with Gasteiger partial charge in [-0.25, -0.2) is 4.98 Å². The maximum atomic E-state index is 9.55. The van der Waals surface area contributed by atoms with E-state index in [1.807, 2.05) is 12.4 Å². The summed E-state index contributed by atoms with van der Waals surface area (Å²) in [6, 6.07) is 0. The number of thiazole rings is 1. The van der Waals surface area contributed by atoms with Crippen LogP contribution in [0, 0.1) is 6.92 Å². The predicted octanol–water partition coefficient (Wildman–Crippen LogP) is 1.58. The molecule has 1 aromatic heterocycles. The van der Waals surface area contributed by atoms with Gasteiger partial charge in [0.2, 0.25) is 0 Å². The number of aliphatic hydroxyl groups excluding tert-OH is 1. The Bertz CT molecular complexity index is 329. The lowest BCUT2D eigenvalue weighted by Gasteiger charge is -2.37. The number of nitrogens with zero attached hydrogens (tertiary/aromatic N) is 1. The summed E-state index contributed by atoms with van der Waals surface area (Å²) in [5.74, 6) is 0. The van der Waals surface area contributed by atoms with Gasteiger partial charge in [0.05, 0.1) is 17.3 Å². The number of nitrogens with two attached hydrogens (primary N) is 1. The van der Waals surface area contributed by atoms with Gasteiger partial charge in [-0.2, -0.15) is 0 Å². The molecule has 2 rings (SSSR count). The number of aryl methyl sites for hydroxylation is 1. The van der Waals surface area contributed by atoms with Crippen molar-refractivity contribution in [2.75, 3.05) is 6.54 Å². The summed E-state index contributed by atoms with van der Waals surface area (Å²) in [5, 5.41) is 9.55. The molecule has 1 aromatic rings. The molecule has 0 radical (unpaired) electrons. The van der Waals surface area contributed by atoms with E-state index >= 15 is 0 Å². The molecule has 3 nitrogen and oxygen atoms in total. The average molecular weight is 226 g/mol. The standard InChI is InChI=1S/C11H18N2OS/c1-8-10(15-7-13-8)11(6-12)4-2-9(14)3-5-11/h7,9,14H,2-6,12H2,1H3. The number of hydrogen-bond acceptors (Lipinski definition) is 4. The highest BCUT2D eigenvalue weighted by molar-refractivity contribution is 7.09. The summed E-state index contributed by atoms with van der Waals surface area (Å²) < 4.78 is 0. The fourth-order valence-electron chi connectivity index (χ4n) is 2.49. The largest absolute Gasteiger partial charge is 0.393 e. The molecule has 1 aliphatic rings. The topological polar surface area (TPSA) is 59.1 Å². The highest BCUT2D eigenvalue weighted by atomic mass is 32.1. The first kappa shape index (κ1) is 11.0. The lowest BCUT2D eigenvalue weighted by atomic mass is 9.72. The SMILES string of the molecule is Cc1ncsc1C1(CN)CCC(O)CC1. The van der Waals surface area contributed by atoms with E-state index in [0.717, 1.165) is 31.4 Å². The van der Waals surface area contributed by atoms with Crippen molar-refractivity contribution in [3.05, 3.63) is 16.1 Å². The molecule has 15 heavy (non-hydrogen) atoms. The number of aliphatic hydroxyl groups is 1. The van der Waals surface area contributed by atoms with Crippen LogP contribution in [-0.4, -0.2) is 22.7 Å². The summed E-state index contributed by atoms with van der Waals surface area (Å²) in [4.78, 5) is 5.63. The van der Waals surface area contributed by atoms with Gasteiger partial charge < -0.3 is 10.8 Å². The van der Waals surface area contributed by atoms with Crippen molar-refractivity contribution in [2.24, 2.45) is 5.73 Å². The molecule has 0 aromatic carbocycles. The van der Waals surface area contributed by atoms with E-state index in [1.165, 1.54) is 4.88 Å². The van der Waals surface area contributed by atoms with Crippen molar-refractivity contribution in [2.45, 2.75) is 44.1 Å². The van der Waals surface area contributed by atoms with Crippen molar-refractivity contribution >= 4 is 11.3 Å². The minimum Gasteiger partial charge on any atom is -0.393 e. The molecule has 0 saturated heterocycles. The lowest BCUT2D eigenvalue weighted by molar-refractivity contribution is 0.0982. The summed E-state index contributed by atoms with van der Waals surface area (Å²) in [6.45, 7) is 2.72. The number of rotatable bonds is 2. The molecule has 0 unspecified atom stereocenters. The zero-order valence-electron chi connectivity index (χ0n) is 9.07. The van der Waals surface area contributed by atoms with Crippen LogP contribution in [0.5, 0.6) is 0 Å². The van der Waals surface area contributed by atoms with E-state index < -0.39 is 0 Å². The fourth-order valence-corrected chi connectivity index (χ4v) is 3.57. The maximum Gasteiger partial charge on any atom is 0.0797 e. The second-order valence-corrected chi connectivity index (χ2v) is 5.34. The third kappa shape index (κ3) is 1.94. The van der Waals surface area contributed by atoms with Crippen molar-refractivity contribution in [3.63, 3.8) is 0 Å². The zero-order chi connectivity index (χ0) is 10.9. The molecule has 84 valence electrons. The third-order valence-electron chi connectivity index (χ3n) is 3.53. The molecule has 3 N–H and O–H groups in total. The molecular formula is C11H18N2OS. The summed E-state index contributed by atoms with van der Waals surface area (Å²) in [5.41, 5.74) is 9.04. The summed E-state index contributed by atoms with van der Waals surface area (Å²) in [6.07, 6.45) is 3.60. The van der Waals surface area contributed by atoms with Crippen LogP contribution in [0.3, 0.4) is 0 Å². The number of hydrogen-bond donors (Lipinski definition) is 2. The van der Waals surface area contributed by atoms with Crippen molar-refractivity contribution in [1.29, 1.82) is 0 Å². The molecule has 0 bridgehead atoms. The maximum absolute atomic E-state index is 9.55. The Morgan fingerprint density at radius 3 is 2.73 bits per heavy atom. The molecule has 0 aliphatic heterocycles. The van der Waals surface area contributed by atoms with Crippen LogP contribution in [0.2, 0.25) is 0 Å². The molecule has 0 amide bonds. The quantitative estimate of drug-likeness (QED) is 0.805. The molecule has 4 heteroatoms. The van der Waals surface area contributed by atoms with Crippen molar-refractivity contribution in [3.8, 4) is 0 Å². The normalized spacial score (nSPS) is 31.8.